The molecule has 2 aliphatic heterocycles. The van der Waals surface area contributed by atoms with Gasteiger partial charge in [-0.05, 0) is 43.9 Å². The third-order valence-electron chi connectivity index (χ3n) is 7.88. The number of carbonyl (C=O) groups excluding carboxylic acids is 3. The molecule has 16 heteroatoms. The van der Waals surface area contributed by atoms with Crippen LogP contribution < -0.4 is 20.7 Å². The fourth-order valence-corrected chi connectivity index (χ4v) is 6.62. The second kappa shape index (κ2) is 11.7. The van der Waals surface area contributed by atoms with Gasteiger partial charge in [0.1, 0.15) is 9.88 Å². The van der Waals surface area contributed by atoms with Crippen LogP contribution in [-0.4, -0.2) is 104 Å². The molecule has 0 radical (unpaired) electrons. The number of aliphatic hydroxyl groups is 3. The van der Waals surface area contributed by atoms with Crippen LogP contribution >= 0.6 is 11.3 Å². The van der Waals surface area contributed by atoms with Crippen LogP contribution in [0.15, 0.2) is 30.5 Å². The van der Waals surface area contributed by atoms with E-state index in [1.807, 2.05) is 4.90 Å². The number of para-hydroxylation sites is 1. The number of benzene rings is 1. The molecular weight excluding hydrogens is 592 g/mol. The van der Waals surface area contributed by atoms with E-state index in [1.54, 1.807) is 29.7 Å². The van der Waals surface area contributed by atoms with E-state index < -0.39 is 17.7 Å². The van der Waals surface area contributed by atoms with Gasteiger partial charge < -0.3 is 40.5 Å². The summed E-state index contributed by atoms with van der Waals surface area (Å²) < 4.78 is 5.73. The zero-order valence-corrected chi connectivity index (χ0v) is 24.8. The van der Waals surface area contributed by atoms with Crippen molar-refractivity contribution in [2.45, 2.75) is 18.9 Å². The van der Waals surface area contributed by atoms with Crippen LogP contribution in [0.2, 0.25) is 0 Å². The molecule has 4 heterocycles. The van der Waals surface area contributed by atoms with Crippen LogP contribution in [0.3, 0.4) is 0 Å². The number of aromatic nitrogens is 3. The molecule has 44 heavy (non-hydrogen) atoms. The largest absolute Gasteiger partial charge is 0.494 e. The number of methoxy groups -OCH3 is 1. The van der Waals surface area contributed by atoms with Crippen molar-refractivity contribution in [1.29, 1.82) is 0 Å². The maximum Gasteiger partial charge on any atom is 0.369 e. The number of nitrogens with zero attached hydrogens (tertiary/aromatic N) is 5. The van der Waals surface area contributed by atoms with E-state index in [-0.39, 0.29) is 29.2 Å². The number of hydrogen-bond acceptors (Lipinski definition) is 13. The Morgan fingerprint density at radius 2 is 1.77 bits per heavy atom. The molecule has 0 bridgehead atoms. The summed E-state index contributed by atoms with van der Waals surface area (Å²) in [7, 11) is 3.56. The van der Waals surface area contributed by atoms with Gasteiger partial charge in [-0.3, -0.25) is 19.7 Å². The van der Waals surface area contributed by atoms with Crippen LogP contribution in [-0.2, 0) is 4.79 Å². The van der Waals surface area contributed by atoms with Crippen LogP contribution in [0, 0.1) is 17.8 Å². The summed E-state index contributed by atoms with van der Waals surface area (Å²) in [5.41, 5.74) is 0.557. The standard InChI is InChI=1S/C28H32N8O7S/c1-35-10-15-12-36(13-16(15)11-35)27(39)20-9-29-26(44-20)17-4-3-5-18(23(17)43-2)30-19-8-21(31-24(37)14-6-7-14)33-34-22(19)25(38)32-28(40,41)42/h3-5,8-9,14-16,40-42H,6-7,10-13H2,1-2H3,(H,32,38)(H2,30,31,33,37). The van der Waals surface area contributed by atoms with Crippen LogP contribution in [0.25, 0.3) is 10.6 Å². The maximum absolute atomic E-state index is 13.3. The maximum atomic E-state index is 13.3. The van der Waals surface area contributed by atoms with Gasteiger partial charge in [0.05, 0.1) is 30.2 Å². The summed E-state index contributed by atoms with van der Waals surface area (Å²) in [6, 6.07) is 6.53. The molecule has 3 aromatic rings. The lowest BCUT2D eigenvalue weighted by molar-refractivity contribution is -0.323. The highest BCUT2D eigenvalue weighted by Crippen LogP contribution is 2.41. The van der Waals surface area contributed by atoms with Crippen molar-refractivity contribution in [3.8, 4) is 16.3 Å². The van der Waals surface area contributed by atoms with Gasteiger partial charge in [-0.15, -0.1) is 21.5 Å². The number of anilines is 3. The first-order chi connectivity index (χ1) is 21.0. The smallest absolute Gasteiger partial charge is 0.369 e. The molecule has 2 saturated heterocycles. The topological polar surface area (TPSA) is 202 Å². The van der Waals surface area contributed by atoms with E-state index in [9.17, 15) is 29.7 Å². The fraction of sp³-hybridized carbons (Fsp3) is 0.429. The highest BCUT2D eigenvalue weighted by Gasteiger charge is 2.41. The van der Waals surface area contributed by atoms with Crippen LogP contribution in [0.5, 0.6) is 5.75 Å². The van der Waals surface area contributed by atoms with Gasteiger partial charge in [-0.2, -0.15) is 0 Å². The SMILES string of the molecule is COc1c(Nc2cc(NC(=O)C3CC3)nnc2C(=O)NC(O)(O)O)cccc1-c1ncc(C(=O)N2CC3CN(C)CC3C2)s1. The minimum Gasteiger partial charge on any atom is -0.494 e. The highest BCUT2D eigenvalue weighted by atomic mass is 32.1. The molecule has 1 aromatic carbocycles. The van der Waals surface area contributed by atoms with Gasteiger partial charge in [0, 0.05) is 38.2 Å². The van der Waals surface area contributed by atoms with Crippen molar-refractivity contribution in [3.63, 3.8) is 0 Å². The normalized spacial score (nSPS) is 19.9. The lowest BCUT2D eigenvalue weighted by Crippen LogP contribution is -2.48. The first-order valence-electron chi connectivity index (χ1n) is 14.1. The zero-order chi connectivity index (χ0) is 31.2. The van der Waals surface area contributed by atoms with Crippen LogP contribution in [0.4, 0.5) is 17.2 Å². The third-order valence-corrected chi connectivity index (χ3v) is 8.90. The van der Waals surface area contributed by atoms with Gasteiger partial charge in [-0.25, -0.2) is 4.98 Å². The van der Waals surface area contributed by atoms with Gasteiger partial charge >= 0.3 is 6.10 Å². The Hall–Kier alpha value is -4.22. The average molecular weight is 625 g/mol. The predicted octanol–water partition coefficient (Wildman–Crippen LogP) is 0.652. The summed E-state index contributed by atoms with van der Waals surface area (Å²) >= 11 is 1.25. The average Bonchev–Trinajstić information content (AvgIpc) is 3.42. The Bertz CT molecular complexity index is 1590. The molecule has 1 aliphatic carbocycles. The van der Waals surface area contributed by atoms with Crippen LogP contribution in [0.1, 0.15) is 33.0 Å². The second-order valence-electron chi connectivity index (χ2n) is 11.3. The molecule has 3 amide bonds. The molecule has 2 aromatic heterocycles. The van der Waals surface area contributed by atoms with E-state index in [1.165, 1.54) is 24.5 Å². The van der Waals surface area contributed by atoms with Crippen molar-refractivity contribution in [2.75, 3.05) is 51.0 Å². The number of fused-ring (bicyclic) bond motifs is 1. The van der Waals surface area contributed by atoms with Crippen molar-refractivity contribution in [2.24, 2.45) is 17.8 Å². The molecule has 6 N–H and O–H groups in total. The molecule has 232 valence electrons. The van der Waals surface area contributed by atoms with E-state index in [2.05, 4.69) is 37.8 Å². The van der Waals surface area contributed by atoms with Gasteiger partial charge in [-0.1, -0.05) is 6.07 Å². The number of amides is 3. The molecule has 6 rings (SSSR count). The number of rotatable bonds is 9. The van der Waals surface area contributed by atoms with Crippen molar-refractivity contribution >= 4 is 46.3 Å². The number of hydrogen-bond donors (Lipinski definition) is 6. The summed E-state index contributed by atoms with van der Waals surface area (Å²) in [6.07, 6.45) is -0.407. The molecule has 3 aliphatic rings. The molecule has 2 unspecified atom stereocenters. The number of nitrogens with one attached hydrogen (secondary N) is 3. The molecule has 15 nitrogen and oxygen atoms in total. The highest BCUT2D eigenvalue weighted by molar-refractivity contribution is 7.17. The molecule has 3 fully saturated rings. The summed E-state index contributed by atoms with van der Waals surface area (Å²) in [6.45, 7) is 3.44. The summed E-state index contributed by atoms with van der Waals surface area (Å²) in [5.74, 6) is -0.198. The minimum atomic E-state index is -3.50. The predicted molar refractivity (Wildman–Crippen MR) is 158 cm³/mol. The number of carbonyl (C=O) groups is 3. The molecule has 1 saturated carbocycles. The Balaban J connectivity index is 1.27. The summed E-state index contributed by atoms with van der Waals surface area (Å²) in [4.78, 5) is 47.6. The number of ether oxygens (including phenoxy) is 1. The Morgan fingerprint density at radius 3 is 2.43 bits per heavy atom. The lowest BCUT2D eigenvalue weighted by atomic mass is 10.0. The molecule has 0 spiro atoms. The van der Waals surface area contributed by atoms with E-state index in [4.69, 9.17) is 4.74 Å². The van der Waals surface area contributed by atoms with Gasteiger partial charge in [0.2, 0.25) is 5.91 Å². The lowest BCUT2D eigenvalue weighted by Gasteiger charge is -2.18. The van der Waals surface area contributed by atoms with Crippen molar-refractivity contribution in [3.05, 3.63) is 41.0 Å². The van der Waals surface area contributed by atoms with E-state index >= 15 is 0 Å². The van der Waals surface area contributed by atoms with Crippen molar-refractivity contribution in [1.82, 2.24) is 30.3 Å². The van der Waals surface area contributed by atoms with Crippen molar-refractivity contribution < 1.29 is 34.4 Å². The Kier molecular flexibility index (Phi) is 7.93. The first-order valence-corrected chi connectivity index (χ1v) is 14.9. The first kappa shape index (κ1) is 29.8. The molecular formula is C28H32N8O7S. The minimum absolute atomic E-state index is 0.0172. The van der Waals surface area contributed by atoms with E-state index in [0.29, 0.717) is 38.7 Å². The Morgan fingerprint density at radius 1 is 1.05 bits per heavy atom. The third kappa shape index (κ3) is 6.34. The fourth-order valence-electron chi connectivity index (χ4n) is 5.72. The number of thiazole rings is 1. The van der Waals surface area contributed by atoms with E-state index in [0.717, 1.165) is 39.0 Å². The monoisotopic (exact) mass is 624 g/mol. The molecule has 2 atom stereocenters. The van der Waals surface area contributed by atoms with Gasteiger partial charge in [0.15, 0.2) is 17.3 Å². The zero-order valence-electron chi connectivity index (χ0n) is 24.0. The Labute approximate surface area is 255 Å². The van der Waals surface area contributed by atoms with Gasteiger partial charge in [0.25, 0.3) is 11.8 Å². The summed E-state index contributed by atoms with van der Waals surface area (Å²) in [5, 5.41) is 43.4. The second-order valence-corrected chi connectivity index (χ2v) is 12.4. The quantitative estimate of drug-likeness (QED) is 0.182. The number of likely N-dealkylation sites (tertiary alicyclic amines) is 2.